The first-order valence-electron chi connectivity index (χ1n) is 7.47. The topological polar surface area (TPSA) is 72.9 Å². The molecule has 25 heavy (non-hydrogen) atoms. The molecule has 0 fully saturated rings. The average Bonchev–Trinajstić information content (AvgIpc) is 3.02. The van der Waals surface area contributed by atoms with Crippen molar-refractivity contribution in [3.63, 3.8) is 0 Å². The van der Waals surface area contributed by atoms with Gasteiger partial charge in [-0.05, 0) is 0 Å². The summed E-state index contributed by atoms with van der Waals surface area (Å²) in [6.07, 6.45) is 1.95. The molecular formula is C18H19NO5Se. The minimum absolute atomic E-state index is 0.0212. The van der Waals surface area contributed by atoms with E-state index in [9.17, 15) is 5.11 Å². The van der Waals surface area contributed by atoms with Gasteiger partial charge in [0.2, 0.25) is 0 Å². The second-order valence-electron chi connectivity index (χ2n) is 5.16. The number of fused-ring (bicyclic) bond motifs is 1. The van der Waals surface area contributed by atoms with Gasteiger partial charge in [0.15, 0.2) is 0 Å². The van der Waals surface area contributed by atoms with E-state index in [4.69, 9.17) is 18.9 Å². The fraction of sp³-hybridized carbons (Fsp3) is 0.222. The molecule has 1 aromatic heterocycles. The Morgan fingerprint density at radius 3 is 2.20 bits per heavy atom. The van der Waals surface area contributed by atoms with E-state index in [1.54, 1.807) is 33.5 Å². The van der Waals surface area contributed by atoms with Gasteiger partial charge in [0.05, 0.1) is 0 Å². The average molecular weight is 408 g/mol. The van der Waals surface area contributed by atoms with Crippen LogP contribution < -0.4 is 27.9 Å². The Labute approximate surface area is 151 Å². The fourth-order valence-electron chi connectivity index (χ4n) is 2.65. The molecular weight excluding hydrogens is 389 g/mol. The Morgan fingerprint density at radius 1 is 0.880 bits per heavy atom. The Balaban J connectivity index is 2.07. The molecule has 132 valence electrons. The van der Waals surface area contributed by atoms with E-state index in [2.05, 4.69) is 4.98 Å². The molecule has 2 N–H and O–H groups in total. The molecule has 6 nitrogen and oxygen atoms in total. The molecule has 1 heterocycles. The Bertz CT molecular complexity index is 906. The van der Waals surface area contributed by atoms with E-state index in [1.165, 1.54) is 7.11 Å². The molecule has 0 bridgehead atoms. The monoisotopic (exact) mass is 409 g/mol. The number of hydrogen-bond acceptors (Lipinski definition) is 5. The van der Waals surface area contributed by atoms with Crippen LogP contribution in [0.2, 0.25) is 0 Å². The van der Waals surface area contributed by atoms with Crippen LogP contribution in [0, 0.1) is 0 Å². The number of hydrogen-bond donors (Lipinski definition) is 2. The zero-order valence-electron chi connectivity index (χ0n) is 14.4. The summed E-state index contributed by atoms with van der Waals surface area (Å²) in [4.78, 5) is 3.26. The van der Waals surface area contributed by atoms with Crippen molar-refractivity contribution in [3.8, 4) is 28.7 Å². The normalized spacial score (nSPS) is 10.7. The van der Waals surface area contributed by atoms with Crippen LogP contribution in [0.4, 0.5) is 0 Å². The summed E-state index contributed by atoms with van der Waals surface area (Å²) in [5.41, 5.74) is 0.856. The van der Waals surface area contributed by atoms with Crippen LogP contribution >= 0.6 is 0 Å². The van der Waals surface area contributed by atoms with Gasteiger partial charge < -0.3 is 0 Å². The number of aromatic amines is 1. The molecule has 2 aromatic carbocycles. The van der Waals surface area contributed by atoms with Crippen LogP contribution in [-0.2, 0) is 0 Å². The van der Waals surface area contributed by atoms with Crippen molar-refractivity contribution in [2.24, 2.45) is 0 Å². The quantitative estimate of drug-likeness (QED) is 0.606. The van der Waals surface area contributed by atoms with Crippen LogP contribution in [0.25, 0.3) is 10.9 Å². The van der Waals surface area contributed by atoms with Gasteiger partial charge in [0.25, 0.3) is 0 Å². The fourth-order valence-corrected chi connectivity index (χ4v) is 4.65. The molecule has 0 saturated carbocycles. The van der Waals surface area contributed by atoms with Gasteiger partial charge in [-0.3, -0.25) is 0 Å². The van der Waals surface area contributed by atoms with E-state index in [1.807, 2.05) is 18.3 Å². The van der Waals surface area contributed by atoms with E-state index < -0.39 is 0 Å². The van der Waals surface area contributed by atoms with Gasteiger partial charge >= 0.3 is 151 Å². The zero-order valence-corrected chi connectivity index (χ0v) is 16.1. The molecule has 0 aliphatic carbocycles. The number of ether oxygens (including phenoxy) is 4. The number of H-pyrrole nitrogens is 1. The van der Waals surface area contributed by atoms with E-state index in [0.29, 0.717) is 23.0 Å². The standard InChI is InChI=1S/C18H19NO5Se/c1-21-13-6-5-10(7-12(13)20)25-15-9-19-16-11(15)8-14(22-2)17(23-3)18(16)24-4/h5-9,19-20H,1-4H3. The van der Waals surface area contributed by atoms with Crippen molar-refractivity contribution in [2.45, 2.75) is 0 Å². The predicted molar refractivity (Wildman–Crippen MR) is 97.6 cm³/mol. The zero-order chi connectivity index (χ0) is 18.0. The molecule has 0 atom stereocenters. The molecule has 0 unspecified atom stereocenters. The van der Waals surface area contributed by atoms with E-state index in [0.717, 1.165) is 19.8 Å². The van der Waals surface area contributed by atoms with Crippen molar-refractivity contribution in [2.75, 3.05) is 28.4 Å². The van der Waals surface area contributed by atoms with Gasteiger partial charge in [-0.1, -0.05) is 0 Å². The summed E-state index contributed by atoms with van der Waals surface area (Å²) in [6.45, 7) is 0. The molecule has 3 rings (SSSR count). The number of aromatic nitrogens is 1. The summed E-state index contributed by atoms with van der Waals surface area (Å²) >= 11 is -0.0212. The van der Waals surface area contributed by atoms with Gasteiger partial charge in [-0.2, -0.15) is 0 Å². The first-order valence-corrected chi connectivity index (χ1v) is 9.19. The van der Waals surface area contributed by atoms with Crippen molar-refractivity contribution < 1.29 is 24.1 Å². The Hall–Kier alpha value is -2.50. The van der Waals surface area contributed by atoms with Crippen LogP contribution in [0.5, 0.6) is 28.7 Å². The third-order valence-electron chi connectivity index (χ3n) is 3.82. The van der Waals surface area contributed by atoms with E-state index in [-0.39, 0.29) is 20.7 Å². The molecule has 0 aliphatic rings. The second-order valence-corrected chi connectivity index (χ2v) is 7.50. The first kappa shape index (κ1) is 17.3. The maximum atomic E-state index is 9.99. The number of benzene rings is 2. The van der Waals surface area contributed by atoms with Crippen LogP contribution in [0.3, 0.4) is 0 Å². The number of methoxy groups -OCH3 is 4. The van der Waals surface area contributed by atoms with Gasteiger partial charge in [0, 0.05) is 0 Å². The molecule has 0 amide bonds. The van der Waals surface area contributed by atoms with Crippen molar-refractivity contribution >= 4 is 34.8 Å². The summed E-state index contributed by atoms with van der Waals surface area (Å²) < 4.78 is 23.6. The molecule has 0 saturated heterocycles. The SMILES string of the molecule is COc1ccc([Se]c2c[nH]c3c(OC)c(OC)c(OC)cc23)cc1O. The summed E-state index contributed by atoms with van der Waals surface area (Å²) in [5.74, 6) is 2.38. The Kier molecular flexibility index (Phi) is 4.97. The molecule has 0 spiro atoms. The second kappa shape index (κ2) is 7.17. The number of nitrogens with one attached hydrogen (secondary N) is 1. The minimum atomic E-state index is -0.0212. The maximum absolute atomic E-state index is 9.99. The number of phenols is 1. The molecule has 0 aliphatic heterocycles. The summed E-state index contributed by atoms with van der Waals surface area (Å²) in [7, 11) is 6.32. The van der Waals surface area contributed by atoms with Gasteiger partial charge in [-0.25, -0.2) is 0 Å². The van der Waals surface area contributed by atoms with Crippen LogP contribution in [-0.4, -0.2) is 53.5 Å². The molecule has 3 aromatic rings. The van der Waals surface area contributed by atoms with Gasteiger partial charge in [0.1, 0.15) is 0 Å². The Morgan fingerprint density at radius 2 is 1.60 bits per heavy atom. The summed E-state index contributed by atoms with van der Waals surface area (Å²) in [6, 6.07) is 7.39. The van der Waals surface area contributed by atoms with Crippen molar-refractivity contribution in [3.05, 3.63) is 30.5 Å². The molecule has 7 heteroatoms. The third-order valence-corrected chi connectivity index (χ3v) is 6.02. The third kappa shape index (κ3) is 3.08. The van der Waals surface area contributed by atoms with Crippen molar-refractivity contribution in [1.82, 2.24) is 4.98 Å². The van der Waals surface area contributed by atoms with Crippen LogP contribution in [0.1, 0.15) is 0 Å². The van der Waals surface area contributed by atoms with E-state index >= 15 is 0 Å². The molecule has 0 radical (unpaired) electrons. The number of phenolic OH excluding ortho intramolecular Hbond substituents is 1. The van der Waals surface area contributed by atoms with Crippen molar-refractivity contribution in [1.29, 1.82) is 0 Å². The number of rotatable bonds is 6. The summed E-state index contributed by atoms with van der Waals surface area (Å²) in [5, 5.41) is 11.0. The van der Waals surface area contributed by atoms with Crippen LogP contribution in [0.15, 0.2) is 30.5 Å². The number of aromatic hydroxyl groups is 1. The first-order chi connectivity index (χ1) is 12.1. The predicted octanol–water partition coefficient (Wildman–Crippen LogP) is 1.56. The van der Waals surface area contributed by atoms with Gasteiger partial charge in [-0.15, -0.1) is 0 Å².